The summed E-state index contributed by atoms with van der Waals surface area (Å²) in [5.41, 5.74) is -0.259. The van der Waals surface area contributed by atoms with E-state index in [1.165, 1.54) is 12.1 Å². The van der Waals surface area contributed by atoms with E-state index in [2.05, 4.69) is 4.74 Å². The SMILES string of the molecule is COC(=O)CS(=O)(=O)Nc1cc(C(=O)O)ccc1Cl. The smallest absolute Gasteiger partial charge is 0.335 e. The van der Waals surface area contributed by atoms with E-state index in [4.69, 9.17) is 16.7 Å². The summed E-state index contributed by atoms with van der Waals surface area (Å²) < 4.78 is 29.4. The zero-order chi connectivity index (χ0) is 14.6. The number of carboxylic acid groups (broad SMARTS) is 1. The fourth-order valence-electron chi connectivity index (χ4n) is 1.15. The van der Waals surface area contributed by atoms with E-state index in [0.29, 0.717) is 0 Å². The van der Waals surface area contributed by atoms with E-state index >= 15 is 0 Å². The first-order valence-electron chi connectivity index (χ1n) is 4.85. The van der Waals surface area contributed by atoms with Crippen molar-refractivity contribution in [3.63, 3.8) is 0 Å². The van der Waals surface area contributed by atoms with Gasteiger partial charge in [-0.25, -0.2) is 13.2 Å². The average molecular weight is 308 g/mol. The van der Waals surface area contributed by atoms with Crippen molar-refractivity contribution in [2.75, 3.05) is 17.6 Å². The third kappa shape index (κ3) is 4.42. The number of methoxy groups -OCH3 is 1. The van der Waals surface area contributed by atoms with Gasteiger partial charge in [0.1, 0.15) is 0 Å². The average Bonchev–Trinajstić information content (AvgIpc) is 2.30. The van der Waals surface area contributed by atoms with E-state index in [-0.39, 0.29) is 16.3 Å². The summed E-state index contributed by atoms with van der Waals surface area (Å²) in [7, 11) is -2.96. The summed E-state index contributed by atoms with van der Waals surface area (Å²) in [6, 6.07) is 3.52. The van der Waals surface area contributed by atoms with Gasteiger partial charge in [-0.1, -0.05) is 11.6 Å². The Morgan fingerprint density at radius 2 is 2.05 bits per heavy atom. The molecule has 0 saturated carbocycles. The Balaban J connectivity index is 3.02. The van der Waals surface area contributed by atoms with Gasteiger partial charge in [-0.15, -0.1) is 0 Å². The molecule has 0 amide bonds. The van der Waals surface area contributed by atoms with Crippen molar-refractivity contribution in [1.82, 2.24) is 0 Å². The minimum atomic E-state index is -4.01. The molecule has 0 aliphatic heterocycles. The highest BCUT2D eigenvalue weighted by Crippen LogP contribution is 2.24. The van der Waals surface area contributed by atoms with E-state index in [1.54, 1.807) is 0 Å². The van der Waals surface area contributed by atoms with Crippen molar-refractivity contribution >= 4 is 39.3 Å². The zero-order valence-electron chi connectivity index (χ0n) is 9.71. The van der Waals surface area contributed by atoms with Crippen LogP contribution in [0.2, 0.25) is 5.02 Å². The van der Waals surface area contributed by atoms with E-state index < -0.39 is 27.7 Å². The Morgan fingerprint density at radius 1 is 1.42 bits per heavy atom. The van der Waals surface area contributed by atoms with Gasteiger partial charge in [0.15, 0.2) is 5.75 Å². The third-order valence-electron chi connectivity index (χ3n) is 2.01. The molecule has 0 unspecified atom stereocenters. The van der Waals surface area contributed by atoms with Gasteiger partial charge in [-0.05, 0) is 18.2 Å². The lowest BCUT2D eigenvalue weighted by Crippen LogP contribution is -2.23. The van der Waals surface area contributed by atoms with E-state index in [1.807, 2.05) is 4.72 Å². The van der Waals surface area contributed by atoms with Crippen LogP contribution in [-0.4, -0.2) is 38.3 Å². The van der Waals surface area contributed by atoms with Gasteiger partial charge in [0, 0.05) is 0 Å². The summed E-state index contributed by atoms with van der Waals surface area (Å²) in [5.74, 6) is -3.07. The minimum absolute atomic E-state index is 0.0124. The molecule has 0 aromatic heterocycles. The number of nitrogens with one attached hydrogen (secondary N) is 1. The molecule has 0 atom stereocenters. The van der Waals surface area contributed by atoms with Crippen LogP contribution in [0.3, 0.4) is 0 Å². The number of halogens is 1. The Morgan fingerprint density at radius 3 is 2.58 bits per heavy atom. The number of carboxylic acids is 1. The molecule has 104 valence electrons. The Bertz CT molecular complexity index is 612. The van der Waals surface area contributed by atoms with Crippen LogP contribution < -0.4 is 4.72 Å². The third-order valence-corrected chi connectivity index (χ3v) is 3.49. The monoisotopic (exact) mass is 307 g/mol. The predicted octanol–water partition coefficient (Wildman–Crippen LogP) is 0.953. The maximum Gasteiger partial charge on any atom is 0.335 e. The molecule has 0 bridgehead atoms. The van der Waals surface area contributed by atoms with Gasteiger partial charge in [0.25, 0.3) is 0 Å². The number of ether oxygens (including phenoxy) is 1. The van der Waals surface area contributed by atoms with Crippen molar-refractivity contribution < 1.29 is 27.9 Å². The van der Waals surface area contributed by atoms with Crippen molar-refractivity contribution in [3.05, 3.63) is 28.8 Å². The molecule has 19 heavy (non-hydrogen) atoms. The Labute approximate surface area is 114 Å². The number of benzene rings is 1. The largest absolute Gasteiger partial charge is 0.478 e. The molecule has 0 spiro atoms. The normalized spacial score (nSPS) is 10.8. The van der Waals surface area contributed by atoms with Crippen molar-refractivity contribution in [2.24, 2.45) is 0 Å². The lowest BCUT2D eigenvalue weighted by molar-refractivity contribution is -0.137. The van der Waals surface area contributed by atoms with E-state index in [9.17, 15) is 18.0 Å². The van der Waals surface area contributed by atoms with Crippen LogP contribution >= 0.6 is 11.6 Å². The highest BCUT2D eigenvalue weighted by molar-refractivity contribution is 7.93. The number of carbonyl (C=O) groups excluding carboxylic acids is 1. The molecular weight excluding hydrogens is 298 g/mol. The maximum atomic E-state index is 11.6. The lowest BCUT2D eigenvalue weighted by Gasteiger charge is -2.09. The van der Waals surface area contributed by atoms with Crippen LogP contribution in [-0.2, 0) is 19.6 Å². The van der Waals surface area contributed by atoms with Gasteiger partial charge in [-0.2, -0.15) is 0 Å². The molecule has 0 heterocycles. The van der Waals surface area contributed by atoms with E-state index in [0.717, 1.165) is 13.2 Å². The first-order chi connectivity index (χ1) is 8.75. The quantitative estimate of drug-likeness (QED) is 0.784. The fourth-order valence-corrected chi connectivity index (χ4v) is 2.38. The molecule has 0 aliphatic carbocycles. The van der Waals surface area contributed by atoms with Crippen molar-refractivity contribution in [1.29, 1.82) is 0 Å². The molecule has 1 rings (SSSR count). The number of anilines is 1. The summed E-state index contributed by atoms with van der Waals surface area (Å²) >= 11 is 5.74. The number of sulfonamides is 1. The standard InChI is InChI=1S/C10H10ClNO6S/c1-18-9(13)5-19(16,17)12-8-4-6(10(14)15)2-3-7(8)11/h2-4,12H,5H2,1H3,(H,14,15). The van der Waals surface area contributed by atoms with Gasteiger partial charge in [-0.3, -0.25) is 9.52 Å². The van der Waals surface area contributed by atoms with Crippen LogP contribution in [0.5, 0.6) is 0 Å². The van der Waals surface area contributed by atoms with Crippen LogP contribution in [0, 0.1) is 0 Å². The highest BCUT2D eigenvalue weighted by atomic mass is 35.5. The summed E-state index contributed by atoms with van der Waals surface area (Å²) in [5, 5.41) is 8.80. The highest BCUT2D eigenvalue weighted by Gasteiger charge is 2.19. The molecule has 0 aliphatic rings. The molecule has 0 saturated heterocycles. The molecule has 0 radical (unpaired) electrons. The van der Waals surface area contributed by atoms with Crippen molar-refractivity contribution in [3.8, 4) is 0 Å². The maximum absolute atomic E-state index is 11.6. The second-order valence-corrected chi connectivity index (χ2v) is 5.57. The zero-order valence-corrected chi connectivity index (χ0v) is 11.3. The van der Waals surface area contributed by atoms with Crippen LogP contribution in [0.4, 0.5) is 5.69 Å². The summed E-state index contributed by atoms with van der Waals surface area (Å²) in [4.78, 5) is 21.7. The minimum Gasteiger partial charge on any atom is -0.478 e. The molecule has 1 aromatic carbocycles. The molecule has 2 N–H and O–H groups in total. The summed E-state index contributed by atoms with van der Waals surface area (Å²) in [6.45, 7) is 0. The van der Waals surface area contributed by atoms with Gasteiger partial charge in [0.2, 0.25) is 10.0 Å². The molecule has 1 aromatic rings. The number of rotatable bonds is 5. The lowest BCUT2D eigenvalue weighted by atomic mass is 10.2. The first-order valence-corrected chi connectivity index (χ1v) is 6.88. The second-order valence-electron chi connectivity index (χ2n) is 3.44. The van der Waals surface area contributed by atoms with Gasteiger partial charge >= 0.3 is 11.9 Å². The molecule has 9 heteroatoms. The Kier molecular flexibility index (Phi) is 4.73. The topological polar surface area (TPSA) is 110 Å². The van der Waals surface area contributed by atoms with Crippen molar-refractivity contribution in [2.45, 2.75) is 0 Å². The van der Waals surface area contributed by atoms with Gasteiger partial charge in [0.05, 0.1) is 23.4 Å². The number of aromatic carboxylic acids is 1. The molecular formula is C10H10ClNO6S. The summed E-state index contributed by atoms with van der Waals surface area (Å²) in [6.07, 6.45) is 0. The second kappa shape index (κ2) is 5.89. The molecule has 0 fully saturated rings. The van der Waals surface area contributed by atoms with Gasteiger partial charge < -0.3 is 9.84 Å². The first kappa shape index (κ1) is 15.3. The predicted molar refractivity (Wildman–Crippen MR) is 67.8 cm³/mol. The number of esters is 1. The Hall–Kier alpha value is -1.80. The number of carbonyl (C=O) groups is 2. The van der Waals surface area contributed by atoms with Crippen LogP contribution in [0.1, 0.15) is 10.4 Å². The fraction of sp³-hybridized carbons (Fsp3) is 0.200. The molecule has 7 nitrogen and oxygen atoms in total. The number of hydrogen-bond donors (Lipinski definition) is 2. The number of hydrogen-bond acceptors (Lipinski definition) is 5. The van der Waals surface area contributed by atoms with Crippen LogP contribution in [0.25, 0.3) is 0 Å². The van der Waals surface area contributed by atoms with Crippen LogP contribution in [0.15, 0.2) is 18.2 Å².